The highest BCUT2D eigenvalue weighted by atomic mass is 79.9. The SMILES string of the molecule is O=[N+]([O-])c1cc(Br)ccc1COc1ccc(Br)c(F)c1. The Kier molecular flexibility index (Phi) is 4.72. The Morgan fingerprint density at radius 1 is 1.20 bits per heavy atom. The summed E-state index contributed by atoms with van der Waals surface area (Å²) in [4.78, 5) is 10.5. The van der Waals surface area contributed by atoms with Crippen molar-refractivity contribution in [1.29, 1.82) is 0 Å². The van der Waals surface area contributed by atoms with Gasteiger partial charge in [-0.05, 0) is 40.2 Å². The summed E-state index contributed by atoms with van der Waals surface area (Å²) in [6.07, 6.45) is 0. The Balaban J connectivity index is 2.18. The van der Waals surface area contributed by atoms with Crippen molar-refractivity contribution >= 4 is 37.5 Å². The van der Waals surface area contributed by atoms with Gasteiger partial charge in [0.25, 0.3) is 5.69 Å². The second-order valence-corrected chi connectivity index (χ2v) is 5.66. The van der Waals surface area contributed by atoms with Gasteiger partial charge in [-0.2, -0.15) is 0 Å². The molecule has 2 aromatic rings. The quantitative estimate of drug-likeness (QED) is 0.541. The number of ether oxygens (including phenoxy) is 1. The second-order valence-electron chi connectivity index (χ2n) is 3.89. The molecule has 2 rings (SSSR count). The molecule has 0 amide bonds. The summed E-state index contributed by atoms with van der Waals surface area (Å²) in [5, 5.41) is 10.9. The Morgan fingerprint density at radius 3 is 2.60 bits per heavy atom. The van der Waals surface area contributed by atoms with E-state index in [0.717, 1.165) is 0 Å². The molecule has 20 heavy (non-hydrogen) atoms. The number of hydrogen-bond donors (Lipinski definition) is 0. The van der Waals surface area contributed by atoms with Crippen LogP contribution >= 0.6 is 31.9 Å². The Morgan fingerprint density at radius 2 is 1.95 bits per heavy atom. The zero-order chi connectivity index (χ0) is 14.7. The fourth-order valence-electron chi connectivity index (χ4n) is 1.56. The summed E-state index contributed by atoms with van der Waals surface area (Å²) in [5.74, 6) is -0.143. The van der Waals surface area contributed by atoms with Gasteiger partial charge >= 0.3 is 0 Å². The van der Waals surface area contributed by atoms with Gasteiger partial charge in [-0.25, -0.2) is 4.39 Å². The molecule has 7 heteroatoms. The van der Waals surface area contributed by atoms with E-state index < -0.39 is 10.7 Å². The lowest BCUT2D eigenvalue weighted by atomic mass is 10.2. The van der Waals surface area contributed by atoms with E-state index in [1.165, 1.54) is 18.2 Å². The highest BCUT2D eigenvalue weighted by Crippen LogP contribution is 2.26. The van der Waals surface area contributed by atoms with Crippen LogP contribution in [0.2, 0.25) is 0 Å². The molecule has 0 bridgehead atoms. The molecular formula is C13H8Br2FNO3. The fourth-order valence-corrected chi connectivity index (χ4v) is 2.15. The predicted octanol–water partition coefficient (Wildman–Crippen LogP) is 4.84. The van der Waals surface area contributed by atoms with Crippen LogP contribution < -0.4 is 4.74 Å². The average Bonchev–Trinajstić information content (AvgIpc) is 2.41. The first-order valence-electron chi connectivity index (χ1n) is 5.48. The van der Waals surface area contributed by atoms with Gasteiger partial charge in [0, 0.05) is 16.6 Å². The molecule has 0 fully saturated rings. The number of halogens is 3. The van der Waals surface area contributed by atoms with E-state index in [2.05, 4.69) is 31.9 Å². The third-order valence-corrected chi connectivity index (χ3v) is 3.67. The molecule has 0 saturated carbocycles. The van der Waals surface area contributed by atoms with E-state index in [9.17, 15) is 14.5 Å². The number of benzene rings is 2. The van der Waals surface area contributed by atoms with Crippen LogP contribution in [0.4, 0.5) is 10.1 Å². The highest BCUT2D eigenvalue weighted by molar-refractivity contribution is 9.10. The average molecular weight is 405 g/mol. The van der Waals surface area contributed by atoms with Crippen molar-refractivity contribution in [2.75, 3.05) is 0 Å². The van der Waals surface area contributed by atoms with Gasteiger partial charge < -0.3 is 4.74 Å². The maximum Gasteiger partial charge on any atom is 0.277 e. The van der Waals surface area contributed by atoms with Crippen LogP contribution in [0.5, 0.6) is 5.75 Å². The van der Waals surface area contributed by atoms with Gasteiger partial charge in [0.15, 0.2) is 0 Å². The topological polar surface area (TPSA) is 52.4 Å². The third-order valence-electron chi connectivity index (χ3n) is 2.53. The molecule has 0 N–H and O–H groups in total. The van der Waals surface area contributed by atoms with Gasteiger partial charge in [-0.15, -0.1) is 0 Å². The summed E-state index contributed by atoms with van der Waals surface area (Å²) < 4.78 is 19.6. The van der Waals surface area contributed by atoms with Crippen molar-refractivity contribution in [3.63, 3.8) is 0 Å². The highest BCUT2D eigenvalue weighted by Gasteiger charge is 2.14. The zero-order valence-corrected chi connectivity index (χ0v) is 13.1. The first-order chi connectivity index (χ1) is 9.47. The van der Waals surface area contributed by atoms with Crippen LogP contribution in [0.15, 0.2) is 45.3 Å². The van der Waals surface area contributed by atoms with E-state index >= 15 is 0 Å². The molecule has 0 aromatic heterocycles. The number of rotatable bonds is 4. The first kappa shape index (κ1) is 14.9. The Hall–Kier alpha value is -1.47. The lowest BCUT2D eigenvalue weighted by molar-refractivity contribution is -0.385. The van der Waals surface area contributed by atoms with Crippen LogP contribution in [0.3, 0.4) is 0 Å². The van der Waals surface area contributed by atoms with Crippen molar-refractivity contribution in [2.24, 2.45) is 0 Å². The van der Waals surface area contributed by atoms with Crippen LogP contribution in [-0.2, 0) is 6.61 Å². The molecule has 104 valence electrons. The lowest BCUT2D eigenvalue weighted by Crippen LogP contribution is -2.01. The minimum absolute atomic E-state index is 0.00926. The van der Waals surface area contributed by atoms with E-state index in [4.69, 9.17) is 4.74 Å². The number of nitrogens with zero attached hydrogens (tertiary/aromatic N) is 1. The van der Waals surface area contributed by atoms with E-state index in [-0.39, 0.29) is 12.3 Å². The first-order valence-corrected chi connectivity index (χ1v) is 7.06. The molecule has 0 unspecified atom stereocenters. The van der Waals surface area contributed by atoms with E-state index in [0.29, 0.717) is 20.3 Å². The van der Waals surface area contributed by atoms with Crippen molar-refractivity contribution < 1.29 is 14.1 Å². The maximum absolute atomic E-state index is 13.3. The monoisotopic (exact) mass is 403 g/mol. The maximum atomic E-state index is 13.3. The van der Waals surface area contributed by atoms with E-state index in [1.54, 1.807) is 18.2 Å². The predicted molar refractivity (Wildman–Crippen MR) is 79.2 cm³/mol. The molecule has 0 aliphatic rings. The number of nitro benzene ring substituents is 1. The molecule has 0 saturated heterocycles. The van der Waals surface area contributed by atoms with Gasteiger partial charge in [-0.3, -0.25) is 10.1 Å². The molecule has 0 atom stereocenters. The molecule has 0 aliphatic carbocycles. The van der Waals surface area contributed by atoms with Crippen LogP contribution in [0.1, 0.15) is 5.56 Å². The van der Waals surface area contributed by atoms with Gasteiger partial charge in [0.1, 0.15) is 18.2 Å². The van der Waals surface area contributed by atoms with Gasteiger partial charge in [0.05, 0.1) is 15.0 Å². The smallest absolute Gasteiger partial charge is 0.277 e. The molecule has 0 aliphatic heterocycles. The summed E-state index contributed by atoms with van der Waals surface area (Å²) in [7, 11) is 0. The Bertz CT molecular complexity index is 664. The van der Waals surface area contributed by atoms with Crippen molar-refractivity contribution in [3.8, 4) is 5.75 Å². The normalized spacial score (nSPS) is 10.3. The van der Waals surface area contributed by atoms with Crippen molar-refractivity contribution in [2.45, 2.75) is 6.61 Å². The third kappa shape index (κ3) is 3.55. The molecule has 4 nitrogen and oxygen atoms in total. The van der Waals surface area contributed by atoms with Crippen molar-refractivity contribution in [3.05, 3.63) is 66.8 Å². The van der Waals surface area contributed by atoms with Crippen LogP contribution in [0, 0.1) is 15.9 Å². The molecule has 0 heterocycles. The molecular weight excluding hydrogens is 397 g/mol. The fraction of sp³-hybridized carbons (Fsp3) is 0.0769. The Labute approximate surface area is 131 Å². The van der Waals surface area contributed by atoms with Crippen LogP contribution in [0.25, 0.3) is 0 Å². The van der Waals surface area contributed by atoms with Gasteiger partial charge in [0.2, 0.25) is 0 Å². The summed E-state index contributed by atoms with van der Waals surface area (Å²) in [6.45, 7) is -0.00926. The molecule has 2 aromatic carbocycles. The second kappa shape index (κ2) is 6.32. The summed E-state index contributed by atoms with van der Waals surface area (Å²) >= 11 is 6.22. The largest absolute Gasteiger partial charge is 0.489 e. The van der Waals surface area contributed by atoms with Crippen molar-refractivity contribution in [1.82, 2.24) is 0 Å². The van der Waals surface area contributed by atoms with Gasteiger partial charge in [-0.1, -0.05) is 15.9 Å². The summed E-state index contributed by atoms with van der Waals surface area (Å²) in [5.41, 5.74) is 0.374. The van der Waals surface area contributed by atoms with E-state index in [1.807, 2.05) is 0 Å². The minimum atomic E-state index is -0.481. The molecule has 0 spiro atoms. The standard InChI is InChI=1S/C13H8Br2FNO3/c14-9-2-1-8(13(5-9)17(18)19)7-20-10-3-4-11(15)12(16)6-10/h1-6H,7H2. The zero-order valence-electron chi connectivity index (χ0n) is 9.98. The lowest BCUT2D eigenvalue weighted by Gasteiger charge is -2.07. The minimum Gasteiger partial charge on any atom is -0.489 e. The molecule has 0 radical (unpaired) electrons. The van der Waals surface area contributed by atoms with Crippen LogP contribution in [-0.4, -0.2) is 4.92 Å². The number of hydrogen-bond acceptors (Lipinski definition) is 3. The number of nitro groups is 1. The summed E-state index contributed by atoms with van der Waals surface area (Å²) in [6, 6.07) is 9.00.